The van der Waals surface area contributed by atoms with Crippen molar-refractivity contribution in [3.63, 3.8) is 0 Å². The fraction of sp³-hybridized carbons (Fsp3) is 0.136. The molecule has 2 aromatic carbocycles. The van der Waals surface area contributed by atoms with Crippen LogP contribution in [-0.2, 0) is 16.8 Å². The smallest absolute Gasteiger partial charge is 1.00 e. The standard InChI is InChI=1S/C22H21N3.3ClH.Co/c1-16-4-8-19(9-5-16)23-14-21-12-18(3)13-22(25-21)15-24-20-10-6-17(2)7-11-20;;;;/h4-15H,1-3H3;3*1H;/q;;;;+3/p-3. The first kappa shape index (κ1) is 29.5. The van der Waals surface area contributed by atoms with Gasteiger partial charge in [0, 0.05) is 0 Å². The van der Waals surface area contributed by atoms with Gasteiger partial charge in [0.2, 0.25) is 0 Å². The zero-order chi connectivity index (χ0) is 17.6. The Bertz CT molecular complexity index is 851. The Balaban J connectivity index is 0. The van der Waals surface area contributed by atoms with Gasteiger partial charge in [0.05, 0.1) is 35.2 Å². The van der Waals surface area contributed by atoms with Gasteiger partial charge in [0.25, 0.3) is 0 Å². The van der Waals surface area contributed by atoms with Crippen molar-refractivity contribution in [2.24, 2.45) is 9.98 Å². The van der Waals surface area contributed by atoms with Gasteiger partial charge in [0.1, 0.15) is 0 Å². The number of hydrogen-bond acceptors (Lipinski definition) is 3. The zero-order valence-electron chi connectivity index (χ0n) is 16.2. The summed E-state index contributed by atoms with van der Waals surface area (Å²) in [5, 5.41) is 0. The summed E-state index contributed by atoms with van der Waals surface area (Å²) in [6, 6.07) is 20.2. The van der Waals surface area contributed by atoms with Gasteiger partial charge in [-0.25, -0.2) is 4.98 Å². The number of aryl methyl sites for hydroxylation is 3. The number of rotatable bonds is 4. The molecule has 0 aliphatic heterocycles. The predicted molar refractivity (Wildman–Crippen MR) is 106 cm³/mol. The maximum absolute atomic E-state index is 4.60. The minimum atomic E-state index is 0. The molecule has 154 valence electrons. The van der Waals surface area contributed by atoms with Crippen LogP contribution in [0.2, 0.25) is 0 Å². The summed E-state index contributed by atoms with van der Waals surface area (Å²) in [7, 11) is 0. The summed E-state index contributed by atoms with van der Waals surface area (Å²) in [6.07, 6.45) is 3.59. The van der Waals surface area contributed by atoms with Crippen molar-refractivity contribution < 1.29 is 54.0 Å². The van der Waals surface area contributed by atoms with Crippen molar-refractivity contribution >= 4 is 23.8 Å². The van der Waals surface area contributed by atoms with E-state index in [4.69, 9.17) is 0 Å². The average Bonchev–Trinajstić information content (AvgIpc) is 2.60. The third-order valence-corrected chi connectivity index (χ3v) is 3.77. The second-order valence-electron chi connectivity index (χ2n) is 6.18. The van der Waals surface area contributed by atoms with Crippen LogP contribution in [0.4, 0.5) is 11.4 Å². The van der Waals surface area contributed by atoms with Crippen LogP contribution in [0.5, 0.6) is 0 Å². The largest absolute Gasteiger partial charge is 3.00 e. The minimum Gasteiger partial charge on any atom is -1.00 e. The van der Waals surface area contributed by atoms with E-state index in [0.717, 1.165) is 28.3 Å². The van der Waals surface area contributed by atoms with Gasteiger partial charge in [-0.1, -0.05) is 35.4 Å². The Morgan fingerprint density at radius 1 is 0.586 bits per heavy atom. The molecule has 1 heterocycles. The van der Waals surface area contributed by atoms with Gasteiger partial charge < -0.3 is 37.2 Å². The molecule has 0 aliphatic rings. The normalized spacial score (nSPS) is 9.90. The summed E-state index contributed by atoms with van der Waals surface area (Å²) >= 11 is 0. The van der Waals surface area contributed by atoms with Crippen LogP contribution in [0.3, 0.4) is 0 Å². The molecule has 0 saturated carbocycles. The molecule has 7 heteroatoms. The van der Waals surface area contributed by atoms with Crippen molar-refractivity contribution in [2.45, 2.75) is 20.8 Å². The van der Waals surface area contributed by atoms with Crippen molar-refractivity contribution in [3.8, 4) is 0 Å². The molecule has 0 N–H and O–H groups in total. The van der Waals surface area contributed by atoms with Crippen LogP contribution >= 0.6 is 0 Å². The van der Waals surface area contributed by atoms with Crippen LogP contribution in [0, 0.1) is 20.8 Å². The van der Waals surface area contributed by atoms with Crippen molar-refractivity contribution in [3.05, 3.63) is 88.7 Å². The van der Waals surface area contributed by atoms with E-state index < -0.39 is 0 Å². The van der Waals surface area contributed by atoms with E-state index >= 15 is 0 Å². The fourth-order valence-electron chi connectivity index (χ4n) is 2.40. The van der Waals surface area contributed by atoms with Crippen molar-refractivity contribution in [1.82, 2.24) is 4.98 Å². The second-order valence-corrected chi connectivity index (χ2v) is 6.18. The Kier molecular flexibility index (Phi) is 14.6. The number of benzene rings is 2. The molecular weight excluding hydrogens is 472 g/mol. The van der Waals surface area contributed by atoms with Crippen LogP contribution < -0.4 is 37.2 Å². The maximum Gasteiger partial charge on any atom is 3.00 e. The minimum absolute atomic E-state index is 0. The molecule has 0 radical (unpaired) electrons. The molecule has 3 nitrogen and oxygen atoms in total. The molecule has 3 aromatic rings. The van der Waals surface area contributed by atoms with Crippen LogP contribution in [-0.4, -0.2) is 17.4 Å². The summed E-state index contributed by atoms with van der Waals surface area (Å²) in [6.45, 7) is 6.18. The van der Waals surface area contributed by atoms with E-state index in [1.54, 1.807) is 12.4 Å². The second kappa shape index (κ2) is 14.3. The van der Waals surface area contributed by atoms with Crippen LogP contribution in [0.1, 0.15) is 28.1 Å². The average molecular weight is 493 g/mol. The molecule has 0 unspecified atom stereocenters. The number of aromatic nitrogens is 1. The molecule has 0 atom stereocenters. The van der Waals surface area contributed by atoms with Gasteiger partial charge in [0.15, 0.2) is 0 Å². The topological polar surface area (TPSA) is 37.6 Å². The zero-order valence-corrected chi connectivity index (χ0v) is 19.5. The van der Waals surface area contributed by atoms with Crippen molar-refractivity contribution in [1.29, 1.82) is 0 Å². The maximum atomic E-state index is 4.60. The molecule has 0 saturated heterocycles. The number of pyridine rings is 1. The summed E-state index contributed by atoms with van der Waals surface area (Å²) in [5.74, 6) is 0. The van der Waals surface area contributed by atoms with E-state index in [2.05, 4.69) is 53.1 Å². The summed E-state index contributed by atoms with van der Waals surface area (Å²) in [4.78, 5) is 13.6. The van der Waals surface area contributed by atoms with Crippen LogP contribution in [0.15, 0.2) is 70.6 Å². The molecule has 0 aliphatic carbocycles. The molecule has 0 fully saturated rings. The molecule has 3 rings (SSSR count). The SMILES string of the molecule is Cc1ccc(N=Cc2cc(C)cc(C=Nc3ccc(C)cc3)n2)cc1.[Cl-].[Cl-].[Cl-].[Co+3]. The van der Waals surface area contributed by atoms with E-state index in [-0.39, 0.29) is 54.0 Å². The van der Waals surface area contributed by atoms with Crippen molar-refractivity contribution in [2.75, 3.05) is 0 Å². The van der Waals surface area contributed by atoms with Gasteiger partial charge >= 0.3 is 16.8 Å². The predicted octanol–water partition coefficient (Wildman–Crippen LogP) is -3.48. The third-order valence-electron chi connectivity index (χ3n) is 3.77. The monoisotopic (exact) mass is 491 g/mol. The van der Waals surface area contributed by atoms with Gasteiger partial charge in [-0.15, -0.1) is 0 Å². The molecular formula is C22H21Cl3CoN3. The Morgan fingerprint density at radius 2 is 0.931 bits per heavy atom. The first-order valence-electron chi connectivity index (χ1n) is 8.29. The summed E-state index contributed by atoms with van der Waals surface area (Å²) < 4.78 is 0. The Labute approximate surface area is 201 Å². The molecule has 0 amide bonds. The van der Waals surface area contributed by atoms with E-state index in [1.165, 1.54) is 11.1 Å². The molecule has 29 heavy (non-hydrogen) atoms. The van der Waals surface area contributed by atoms with Gasteiger partial charge in [-0.05, 0) is 62.7 Å². The van der Waals surface area contributed by atoms with Gasteiger partial charge in [-0.2, -0.15) is 0 Å². The van der Waals surface area contributed by atoms with Crippen LogP contribution in [0.25, 0.3) is 0 Å². The Morgan fingerprint density at radius 3 is 1.28 bits per heavy atom. The fourth-order valence-corrected chi connectivity index (χ4v) is 2.40. The third kappa shape index (κ3) is 9.57. The van der Waals surface area contributed by atoms with E-state index in [1.807, 2.05) is 43.3 Å². The Hall–Kier alpha value is -1.69. The number of halogens is 3. The number of hydrogen-bond donors (Lipinski definition) is 0. The number of nitrogens with zero attached hydrogens (tertiary/aromatic N) is 3. The van der Waals surface area contributed by atoms with Gasteiger partial charge in [-0.3, -0.25) is 9.98 Å². The number of aliphatic imine (C=N–C) groups is 2. The summed E-state index contributed by atoms with van der Waals surface area (Å²) in [5.41, 5.74) is 7.07. The van der Waals surface area contributed by atoms with E-state index in [9.17, 15) is 0 Å². The van der Waals surface area contributed by atoms with E-state index in [0.29, 0.717) is 0 Å². The quantitative estimate of drug-likeness (QED) is 0.349. The molecule has 0 bridgehead atoms. The first-order chi connectivity index (χ1) is 12.1. The first-order valence-corrected chi connectivity index (χ1v) is 8.29. The molecule has 0 spiro atoms. The molecule has 1 aromatic heterocycles.